The van der Waals surface area contributed by atoms with Crippen molar-refractivity contribution in [1.82, 2.24) is 10.6 Å². The first-order chi connectivity index (χ1) is 16.7. The van der Waals surface area contributed by atoms with Crippen molar-refractivity contribution in [3.63, 3.8) is 0 Å². The number of nitrogens with one attached hydrogen (secondary N) is 2. The molecule has 8 heteroatoms. The molecule has 2 amide bonds. The molecule has 1 heterocycles. The number of carboxylic acid groups (broad SMARTS) is 1. The Morgan fingerprint density at radius 2 is 1.71 bits per heavy atom. The van der Waals surface area contributed by atoms with Crippen LogP contribution in [0.25, 0.3) is 11.1 Å². The third-order valence-electron chi connectivity index (χ3n) is 6.63. The molecule has 1 fully saturated rings. The Hall–Kier alpha value is -3.39. The van der Waals surface area contributed by atoms with Gasteiger partial charge in [-0.25, -0.2) is 4.79 Å². The second-order valence-electron chi connectivity index (χ2n) is 9.76. The van der Waals surface area contributed by atoms with Crippen molar-refractivity contribution in [2.75, 3.05) is 13.2 Å². The zero-order valence-corrected chi connectivity index (χ0v) is 20.1. The summed E-state index contributed by atoms with van der Waals surface area (Å²) in [7, 11) is 0. The van der Waals surface area contributed by atoms with Crippen molar-refractivity contribution in [2.24, 2.45) is 0 Å². The van der Waals surface area contributed by atoms with Crippen LogP contribution >= 0.6 is 0 Å². The molecule has 186 valence electrons. The molecule has 2 atom stereocenters. The van der Waals surface area contributed by atoms with E-state index in [4.69, 9.17) is 9.47 Å². The number of rotatable bonds is 8. The van der Waals surface area contributed by atoms with Crippen molar-refractivity contribution in [1.29, 1.82) is 0 Å². The average Bonchev–Trinajstić information content (AvgIpc) is 3.13. The van der Waals surface area contributed by atoms with Gasteiger partial charge in [-0.2, -0.15) is 0 Å². The van der Waals surface area contributed by atoms with E-state index < -0.39 is 30.4 Å². The fourth-order valence-electron chi connectivity index (χ4n) is 4.97. The van der Waals surface area contributed by atoms with Gasteiger partial charge in [-0.15, -0.1) is 0 Å². The minimum absolute atomic E-state index is 0.0757. The van der Waals surface area contributed by atoms with Crippen molar-refractivity contribution in [2.45, 2.75) is 63.2 Å². The van der Waals surface area contributed by atoms with Gasteiger partial charge in [0.2, 0.25) is 5.91 Å². The molecule has 2 aromatic rings. The number of hydrogen-bond acceptors (Lipinski definition) is 5. The Balaban J connectivity index is 1.35. The number of carbonyl (C=O) groups is 3. The number of ether oxygens (including phenoxy) is 2. The summed E-state index contributed by atoms with van der Waals surface area (Å²) in [6.07, 6.45) is 1.22. The number of carboxylic acids is 1. The van der Waals surface area contributed by atoms with Crippen LogP contribution < -0.4 is 10.6 Å². The van der Waals surface area contributed by atoms with E-state index in [1.807, 2.05) is 62.4 Å². The molecule has 0 bridgehead atoms. The van der Waals surface area contributed by atoms with E-state index in [-0.39, 0.29) is 30.8 Å². The lowest BCUT2D eigenvalue weighted by molar-refractivity contribution is -0.140. The number of benzene rings is 2. The number of alkyl carbamates (subject to hydrolysis) is 1. The Labute approximate surface area is 205 Å². The summed E-state index contributed by atoms with van der Waals surface area (Å²) in [5, 5.41) is 14.4. The average molecular weight is 481 g/mol. The van der Waals surface area contributed by atoms with Gasteiger partial charge in [0.05, 0.1) is 18.1 Å². The highest BCUT2D eigenvalue weighted by molar-refractivity contribution is 5.89. The van der Waals surface area contributed by atoms with Gasteiger partial charge in [0.25, 0.3) is 0 Å². The number of carbonyl (C=O) groups excluding carboxylic acids is 2. The van der Waals surface area contributed by atoms with E-state index in [2.05, 4.69) is 10.6 Å². The molecule has 2 aromatic carbocycles. The highest BCUT2D eigenvalue weighted by Crippen LogP contribution is 2.44. The van der Waals surface area contributed by atoms with Gasteiger partial charge in [-0.1, -0.05) is 48.5 Å². The van der Waals surface area contributed by atoms with Gasteiger partial charge in [-0.3, -0.25) is 9.59 Å². The van der Waals surface area contributed by atoms with E-state index in [0.717, 1.165) is 41.5 Å². The summed E-state index contributed by atoms with van der Waals surface area (Å²) >= 11 is 0. The second-order valence-corrected chi connectivity index (χ2v) is 9.76. The normalized spacial score (nSPS) is 19.2. The Kier molecular flexibility index (Phi) is 7.40. The van der Waals surface area contributed by atoms with Gasteiger partial charge in [0, 0.05) is 12.5 Å². The maximum absolute atomic E-state index is 12.7. The smallest absolute Gasteiger partial charge is 0.407 e. The van der Waals surface area contributed by atoms with Crippen molar-refractivity contribution < 1.29 is 29.0 Å². The molecular formula is C27H32N2O6. The van der Waals surface area contributed by atoms with Gasteiger partial charge >= 0.3 is 12.1 Å². The predicted molar refractivity (Wildman–Crippen MR) is 130 cm³/mol. The summed E-state index contributed by atoms with van der Waals surface area (Å²) in [6, 6.07) is 14.7. The molecule has 0 radical (unpaired) electrons. The summed E-state index contributed by atoms with van der Waals surface area (Å²) in [5.74, 6) is -1.90. The summed E-state index contributed by atoms with van der Waals surface area (Å²) < 4.78 is 11.5. The standard InChI is InChI=1S/C27H32N2O6/c1-27(2)13-7-8-17(35-27)15-28-25(32)23(14-24(30)31)29-26(33)34-16-22-20-11-5-3-9-18(20)19-10-4-6-12-21(19)22/h3-6,9-12,17,22-23H,7-8,13-16H2,1-2H3,(H,28,32)(H,29,33)(H,30,31). The van der Waals surface area contributed by atoms with Crippen molar-refractivity contribution >= 4 is 18.0 Å². The molecule has 35 heavy (non-hydrogen) atoms. The first kappa shape index (κ1) is 24.7. The zero-order chi connectivity index (χ0) is 25.0. The van der Waals surface area contributed by atoms with E-state index in [0.29, 0.717) is 0 Å². The van der Waals surface area contributed by atoms with Crippen LogP contribution in [0.1, 0.15) is 56.6 Å². The van der Waals surface area contributed by atoms with E-state index in [1.54, 1.807) is 0 Å². The zero-order valence-electron chi connectivity index (χ0n) is 20.1. The molecule has 3 N–H and O–H groups in total. The molecule has 0 aromatic heterocycles. The number of hydrogen-bond donors (Lipinski definition) is 3. The highest BCUT2D eigenvalue weighted by atomic mass is 16.5. The van der Waals surface area contributed by atoms with Crippen LogP contribution in [-0.2, 0) is 19.1 Å². The second kappa shape index (κ2) is 10.5. The lowest BCUT2D eigenvalue weighted by Gasteiger charge is -2.36. The molecular weight excluding hydrogens is 448 g/mol. The molecule has 1 aliphatic heterocycles. The molecule has 2 unspecified atom stereocenters. The van der Waals surface area contributed by atoms with E-state index >= 15 is 0 Å². The van der Waals surface area contributed by atoms with E-state index in [1.165, 1.54) is 0 Å². The predicted octanol–water partition coefficient (Wildman–Crippen LogP) is 3.83. The van der Waals surface area contributed by atoms with Gasteiger partial charge < -0.3 is 25.2 Å². The fourth-order valence-corrected chi connectivity index (χ4v) is 4.97. The van der Waals surface area contributed by atoms with Gasteiger partial charge in [0.1, 0.15) is 12.6 Å². The summed E-state index contributed by atoms with van der Waals surface area (Å²) in [5.41, 5.74) is 4.09. The quantitative estimate of drug-likeness (QED) is 0.529. The molecule has 8 nitrogen and oxygen atoms in total. The number of fused-ring (bicyclic) bond motifs is 3. The van der Waals surface area contributed by atoms with Crippen LogP contribution in [0.4, 0.5) is 4.79 Å². The lowest BCUT2D eigenvalue weighted by atomic mass is 9.95. The third-order valence-corrected chi connectivity index (χ3v) is 6.63. The number of amides is 2. The van der Waals surface area contributed by atoms with Crippen LogP contribution in [0.15, 0.2) is 48.5 Å². The minimum Gasteiger partial charge on any atom is -0.481 e. The molecule has 1 saturated heterocycles. The van der Waals surface area contributed by atoms with Crippen LogP contribution in [0.5, 0.6) is 0 Å². The molecule has 4 rings (SSSR count). The molecule has 0 saturated carbocycles. The monoisotopic (exact) mass is 480 g/mol. The van der Waals surface area contributed by atoms with Crippen LogP contribution in [-0.4, -0.2) is 54.0 Å². The molecule has 2 aliphatic rings. The maximum Gasteiger partial charge on any atom is 0.407 e. The van der Waals surface area contributed by atoms with Crippen molar-refractivity contribution in [3.8, 4) is 11.1 Å². The minimum atomic E-state index is -1.25. The van der Waals surface area contributed by atoms with Gasteiger partial charge in [-0.05, 0) is 55.4 Å². The first-order valence-electron chi connectivity index (χ1n) is 12.0. The molecule has 1 aliphatic carbocycles. The van der Waals surface area contributed by atoms with Gasteiger partial charge in [0.15, 0.2) is 0 Å². The lowest BCUT2D eigenvalue weighted by Crippen LogP contribution is -2.50. The van der Waals surface area contributed by atoms with Crippen LogP contribution in [0.2, 0.25) is 0 Å². The number of aliphatic carboxylic acids is 1. The van der Waals surface area contributed by atoms with Crippen molar-refractivity contribution in [3.05, 3.63) is 59.7 Å². The van der Waals surface area contributed by atoms with Crippen LogP contribution in [0.3, 0.4) is 0 Å². The SMILES string of the molecule is CC1(C)CCCC(CNC(=O)C(CC(=O)O)NC(=O)OCC2c3ccccc3-c3ccccc32)O1. The summed E-state index contributed by atoms with van der Waals surface area (Å²) in [6.45, 7) is 4.34. The Morgan fingerprint density at radius 1 is 1.09 bits per heavy atom. The highest BCUT2D eigenvalue weighted by Gasteiger charge is 2.32. The summed E-state index contributed by atoms with van der Waals surface area (Å²) in [4.78, 5) is 36.6. The van der Waals surface area contributed by atoms with Crippen LogP contribution in [0, 0.1) is 0 Å². The van der Waals surface area contributed by atoms with E-state index in [9.17, 15) is 19.5 Å². The maximum atomic E-state index is 12.7. The largest absolute Gasteiger partial charge is 0.481 e. The first-order valence-corrected chi connectivity index (χ1v) is 12.0. The third kappa shape index (κ3) is 6.00. The fraction of sp³-hybridized carbons (Fsp3) is 0.444. The Bertz CT molecular complexity index is 1050. The molecule has 0 spiro atoms. The topological polar surface area (TPSA) is 114 Å². The Morgan fingerprint density at radius 3 is 2.31 bits per heavy atom.